The van der Waals surface area contributed by atoms with Crippen LogP contribution < -0.4 is 15.8 Å². The van der Waals surface area contributed by atoms with Crippen molar-refractivity contribution in [1.29, 1.82) is 0 Å². The van der Waals surface area contributed by atoms with Gasteiger partial charge in [0, 0.05) is 31.0 Å². The van der Waals surface area contributed by atoms with Gasteiger partial charge < -0.3 is 20.5 Å². The van der Waals surface area contributed by atoms with Crippen LogP contribution in [0.5, 0.6) is 5.75 Å². The zero-order valence-electron chi connectivity index (χ0n) is 15.5. The molecule has 27 heavy (non-hydrogen) atoms. The summed E-state index contributed by atoms with van der Waals surface area (Å²) in [6.45, 7) is 3.49. The van der Waals surface area contributed by atoms with Crippen LogP contribution >= 0.6 is 12.4 Å². The average Bonchev–Trinajstić information content (AvgIpc) is 2.65. The summed E-state index contributed by atoms with van der Waals surface area (Å²) in [6, 6.07) is 15.1. The molecule has 1 saturated heterocycles. The Kier molecular flexibility index (Phi) is 8.10. The van der Waals surface area contributed by atoms with E-state index in [9.17, 15) is 4.79 Å². The maximum atomic E-state index is 12.3. The third kappa shape index (κ3) is 6.24. The number of rotatable bonds is 6. The van der Waals surface area contributed by atoms with E-state index in [0.717, 1.165) is 48.6 Å². The van der Waals surface area contributed by atoms with Gasteiger partial charge in [0.2, 0.25) is 5.91 Å². The number of carbonyl (C=O) groups excluding carboxylic acids is 1. The molecule has 6 heteroatoms. The first-order valence-corrected chi connectivity index (χ1v) is 9.07. The number of halogens is 1. The number of nitrogens with two attached hydrogens (primary N) is 1. The number of benzene rings is 2. The molecule has 2 aromatic rings. The van der Waals surface area contributed by atoms with Crippen LogP contribution in [0.3, 0.4) is 0 Å². The predicted molar refractivity (Wildman–Crippen MR) is 110 cm³/mol. The van der Waals surface area contributed by atoms with E-state index < -0.39 is 0 Å². The third-order valence-corrected chi connectivity index (χ3v) is 4.55. The second-order valence-electron chi connectivity index (χ2n) is 6.68. The van der Waals surface area contributed by atoms with Gasteiger partial charge in [-0.05, 0) is 36.2 Å². The number of aryl methyl sites for hydroxylation is 1. The largest absolute Gasteiger partial charge is 0.490 e. The van der Waals surface area contributed by atoms with Crippen LogP contribution in [0.25, 0.3) is 0 Å². The van der Waals surface area contributed by atoms with E-state index in [1.165, 1.54) is 0 Å². The number of hydrogen-bond donors (Lipinski definition) is 2. The molecule has 0 saturated carbocycles. The molecule has 1 heterocycles. The van der Waals surface area contributed by atoms with Crippen molar-refractivity contribution >= 4 is 24.0 Å². The maximum Gasteiger partial charge on any atom is 0.226 e. The molecular formula is C21H27ClN2O3. The number of hydrogen-bond acceptors (Lipinski definition) is 4. The summed E-state index contributed by atoms with van der Waals surface area (Å²) in [5.41, 5.74) is 8.83. The third-order valence-electron chi connectivity index (χ3n) is 4.55. The Morgan fingerprint density at radius 1 is 1.22 bits per heavy atom. The van der Waals surface area contributed by atoms with Crippen LogP contribution in [0.1, 0.15) is 36.4 Å². The number of carbonyl (C=O) groups is 1. The smallest absolute Gasteiger partial charge is 0.226 e. The number of ether oxygens (including phenoxy) is 2. The molecule has 2 aromatic carbocycles. The molecule has 1 atom stereocenters. The van der Waals surface area contributed by atoms with E-state index in [2.05, 4.69) is 5.32 Å². The van der Waals surface area contributed by atoms with Crippen LogP contribution in [0.2, 0.25) is 0 Å². The molecule has 0 aromatic heterocycles. The van der Waals surface area contributed by atoms with E-state index in [-0.39, 0.29) is 36.9 Å². The molecule has 146 valence electrons. The van der Waals surface area contributed by atoms with E-state index in [4.69, 9.17) is 15.2 Å². The number of anilines is 1. The summed E-state index contributed by atoms with van der Waals surface area (Å²) in [7, 11) is 0. The normalized spacial score (nSPS) is 15.5. The second-order valence-corrected chi connectivity index (χ2v) is 6.68. The molecule has 0 spiro atoms. The van der Waals surface area contributed by atoms with Crippen LogP contribution in [-0.2, 0) is 9.53 Å². The van der Waals surface area contributed by atoms with Gasteiger partial charge in [-0.25, -0.2) is 0 Å². The van der Waals surface area contributed by atoms with Gasteiger partial charge in [0.15, 0.2) is 0 Å². The summed E-state index contributed by atoms with van der Waals surface area (Å²) in [4.78, 5) is 12.3. The first-order valence-electron chi connectivity index (χ1n) is 9.07. The Morgan fingerprint density at radius 3 is 2.59 bits per heavy atom. The molecule has 3 N–H and O–H groups in total. The monoisotopic (exact) mass is 390 g/mol. The van der Waals surface area contributed by atoms with Crippen molar-refractivity contribution in [3.63, 3.8) is 0 Å². The SMILES string of the molecule is Cc1cc(NC(=O)CC(N)c2ccccc2)ccc1OC1CCOCC1.Cl. The second kappa shape index (κ2) is 10.3. The highest BCUT2D eigenvalue weighted by molar-refractivity contribution is 5.91. The number of nitrogens with one attached hydrogen (secondary N) is 1. The molecule has 0 aliphatic carbocycles. The Balaban J connectivity index is 0.00000261. The van der Waals surface area contributed by atoms with Gasteiger partial charge in [0.05, 0.1) is 13.2 Å². The van der Waals surface area contributed by atoms with Crippen molar-refractivity contribution in [2.75, 3.05) is 18.5 Å². The first-order chi connectivity index (χ1) is 12.6. The molecular weight excluding hydrogens is 364 g/mol. The van der Waals surface area contributed by atoms with Crippen molar-refractivity contribution in [3.05, 3.63) is 59.7 Å². The standard InChI is InChI=1S/C21H26N2O3.ClH/c1-15-13-17(7-8-20(15)26-18-9-11-25-12-10-18)23-21(24)14-19(22)16-5-3-2-4-6-16;/h2-8,13,18-19H,9-12,14,22H2,1H3,(H,23,24);1H. The van der Waals surface area contributed by atoms with Crippen LogP contribution in [0, 0.1) is 6.92 Å². The highest BCUT2D eigenvalue weighted by Gasteiger charge is 2.17. The van der Waals surface area contributed by atoms with E-state index in [1.807, 2.05) is 55.5 Å². The summed E-state index contributed by atoms with van der Waals surface area (Å²) >= 11 is 0. The number of amides is 1. The summed E-state index contributed by atoms with van der Waals surface area (Å²) in [5, 5.41) is 2.92. The van der Waals surface area contributed by atoms with E-state index >= 15 is 0 Å². The summed E-state index contributed by atoms with van der Waals surface area (Å²) in [6.07, 6.45) is 2.26. The van der Waals surface area contributed by atoms with E-state index in [0.29, 0.717) is 0 Å². The van der Waals surface area contributed by atoms with Gasteiger partial charge in [0.25, 0.3) is 0 Å². The molecule has 3 rings (SSSR count). The fourth-order valence-electron chi connectivity index (χ4n) is 3.06. The lowest BCUT2D eigenvalue weighted by Gasteiger charge is -2.24. The van der Waals surface area contributed by atoms with Crippen molar-refractivity contribution in [2.45, 2.75) is 38.3 Å². The van der Waals surface area contributed by atoms with Gasteiger partial charge in [0.1, 0.15) is 11.9 Å². The molecule has 1 aliphatic heterocycles. The Hall–Kier alpha value is -2.08. The predicted octanol–water partition coefficient (Wildman–Crippen LogP) is 4.00. The minimum atomic E-state index is -0.312. The molecule has 1 unspecified atom stereocenters. The van der Waals surface area contributed by atoms with Gasteiger partial charge >= 0.3 is 0 Å². The lowest BCUT2D eigenvalue weighted by atomic mass is 10.0. The summed E-state index contributed by atoms with van der Waals surface area (Å²) < 4.78 is 11.4. The minimum Gasteiger partial charge on any atom is -0.490 e. The van der Waals surface area contributed by atoms with Crippen molar-refractivity contribution in [1.82, 2.24) is 0 Å². The topological polar surface area (TPSA) is 73.6 Å². The van der Waals surface area contributed by atoms with Gasteiger partial charge in [-0.15, -0.1) is 12.4 Å². The van der Waals surface area contributed by atoms with Crippen molar-refractivity contribution < 1.29 is 14.3 Å². The molecule has 1 amide bonds. The zero-order valence-corrected chi connectivity index (χ0v) is 16.3. The minimum absolute atomic E-state index is 0. The Morgan fingerprint density at radius 2 is 1.93 bits per heavy atom. The molecule has 0 bridgehead atoms. The molecule has 1 fully saturated rings. The van der Waals surface area contributed by atoms with Crippen LogP contribution in [0.15, 0.2) is 48.5 Å². The molecule has 1 aliphatic rings. The zero-order chi connectivity index (χ0) is 18.4. The average molecular weight is 391 g/mol. The van der Waals surface area contributed by atoms with Crippen molar-refractivity contribution in [2.24, 2.45) is 5.73 Å². The summed E-state index contributed by atoms with van der Waals surface area (Å²) in [5.74, 6) is 0.759. The highest BCUT2D eigenvalue weighted by atomic mass is 35.5. The Labute approximate surface area is 166 Å². The lowest BCUT2D eigenvalue weighted by molar-refractivity contribution is -0.116. The van der Waals surface area contributed by atoms with Crippen LogP contribution in [0.4, 0.5) is 5.69 Å². The fourth-order valence-corrected chi connectivity index (χ4v) is 3.06. The van der Waals surface area contributed by atoms with Gasteiger partial charge in [-0.1, -0.05) is 30.3 Å². The van der Waals surface area contributed by atoms with Gasteiger partial charge in [-0.3, -0.25) is 4.79 Å². The van der Waals surface area contributed by atoms with Crippen molar-refractivity contribution in [3.8, 4) is 5.75 Å². The highest BCUT2D eigenvalue weighted by Crippen LogP contribution is 2.25. The first kappa shape index (κ1) is 21.2. The molecule has 0 radical (unpaired) electrons. The van der Waals surface area contributed by atoms with Crippen LogP contribution in [-0.4, -0.2) is 25.2 Å². The quantitative estimate of drug-likeness (QED) is 0.781. The Bertz CT molecular complexity index is 733. The van der Waals surface area contributed by atoms with Gasteiger partial charge in [-0.2, -0.15) is 0 Å². The van der Waals surface area contributed by atoms with E-state index in [1.54, 1.807) is 0 Å². The fraction of sp³-hybridized carbons (Fsp3) is 0.381. The lowest BCUT2D eigenvalue weighted by Crippen LogP contribution is -2.26. The maximum absolute atomic E-state index is 12.3. The molecule has 5 nitrogen and oxygen atoms in total.